The number of carbonyl (C=O) groups is 2. The number of ketones is 1. The topological polar surface area (TPSA) is 99.1 Å². The number of nitrogens with one attached hydrogen (secondary N) is 1. The summed E-state index contributed by atoms with van der Waals surface area (Å²) < 4.78 is 5.31. The molecule has 0 aromatic carbocycles. The molecule has 2 spiro atoms. The molecule has 8 unspecified atom stereocenters. The molecule has 3 N–H and O–H groups in total. The van der Waals surface area contributed by atoms with Crippen molar-refractivity contribution in [3.63, 3.8) is 0 Å². The number of aliphatic hydroxyl groups is 2. The van der Waals surface area contributed by atoms with E-state index in [0.29, 0.717) is 44.1 Å². The van der Waals surface area contributed by atoms with Crippen molar-refractivity contribution in [3.8, 4) is 0 Å². The van der Waals surface area contributed by atoms with Crippen LogP contribution in [0, 0.1) is 39.4 Å². The van der Waals surface area contributed by atoms with Crippen LogP contribution in [0.15, 0.2) is 23.8 Å². The highest BCUT2D eigenvalue weighted by atomic mass is 16.5. The van der Waals surface area contributed by atoms with Gasteiger partial charge in [0.25, 0.3) is 0 Å². The molecule has 0 aliphatic heterocycles. The summed E-state index contributed by atoms with van der Waals surface area (Å²) in [6.45, 7) is 10.0. The number of nitrogens with zero attached hydrogens (tertiary/aromatic N) is 1. The van der Waals surface area contributed by atoms with Crippen LogP contribution in [-0.4, -0.2) is 71.5 Å². The molecule has 0 radical (unpaired) electrons. The van der Waals surface area contributed by atoms with Crippen LogP contribution in [0.4, 0.5) is 4.79 Å². The van der Waals surface area contributed by atoms with Crippen molar-refractivity contribution >= 4 is 11.8 Å². The molecular formula is C37H58N2O5. The van der Waals surface area contributed by atoms with Gasteiger partial charge in [0.15, 0.2) is 5.78 Å². The van der Waals surface area contributed by atoms with Crippen LogP contribution >= 0.6 is 0 Å². The van der Waals surface area contributed by atoms with E-state index in [2.05, 4.69) is 37.4 Å². The molecular weight excluding hydrogens is 552 g/mol. The second kappa shape index (κ2) is 11.5. The van der Waals surface area contributed by atoms with E-state index in [1.807, 2.05) is 18.7 Å². The summed E-state index contributed by atoms with van der Waals surface area (Å²) in [5.41, 5.74) is -1.21. The van der Waals surface area contributed by atoms with Crippen molar-refractivity contribution in [2.75, 3.05) is 26.8 Å². The van der Waals surface area contributed by atoms with E-state index in [1.165, 1.54) is 6.42 Å². The van der Waals surface area contributed by atoms with Gasteiger partial charge in [-0.05, 0) is 95.3 Å². The lowest BCUT2D eigenvalue weighted by atomic mass is 9.32. The summed E-state index contributed by atoms with van der Waals surface area (Å²) in [6.07, 6.45) is 18.7. The molecule has 7 aliphatic carbocycles. The first kappa shape index (κ1) is 32.2. The number of fused-ring (bicyclic) bond motifs is 1. The highest BCUT2D eigenvalue weighted by Gasteiger charge is 2.74. The molecule has 0 aromatic heterocycles. The lowest BCUT2D eigenvalue weighted by Crippen LogP contribution is -2.67. The smallest absolute Gasteiger partial charge is 0.317 e. The molecule has 0 aromatic rings. The van der Waals surface area contributed by atoms with Gasteiger partial charge >= 0.3 is 6.03 Å². The van der Waals surface area contributed by atoms with Crippen LogP contribution in [-0.2, 0) is 9.53 Å². The highest BCUT2D eigenvalue weighted by molar-refractivity contribution is 6.00. The molecule has 0 heterocycles. The molecule has 2 bridgehead atoms. The maximum Gasteiger partial charge on any atom is 0.317 e. The zero-order valence-electron chi connectivity index (χ0n) is 28.0. The first-order valence-corrected chi connectivity index (χ1v) is 17.8. The second-order valence-electron chi connectivity index (χ2n) is 16.4. The fourth-order valence-electron chi connectivity index (χ4n) is 11.5. The first-order chi connectivity index (χ1) is 20.9. The molecule has 4 fully saturated rings. The molecule has 7 aliphatic rings. The highest BCUT2D eigenvalue weighted by Crippen LogP contribution is 2.78. The normalized spacial score (nSPS) is 42.8. The Kier molecular flexibility index (Phi) is 8.44. The third-order valence-electron chi connectivity index (χ3n) is 13.9. The lowest BCUT2D eigenvalue weighted by molar-refractivity contribution is -0.178. The number of allylic oxidation sites excluding steroid dienone is 4. The first-order valence-electron chi connectivity index (χ1n) is 17.8. The van der Waals surface area contributed by atoms with Gasteiger partial charge in [-0.3, -0.25) is 4.79 Å². The minimum Gasteiger partial charge on any atom is -0.393 e. The third-order valence-corrected chi connectivity index (χ3v) is 13.9. The molecule has 0 saturated heterocycles. The Balaban J connectivity index is 1.40. The quantitative estimate of drug-likeness (QED) is 0.214. The van der Waals surface area contributed by atoms with E-state index >= 15 is 0 Å². The van der Waals surface area contributed by atoms with Crippen LogP contribution in [0.2, 0.25) is 0 Å². The van der Waals surface area contributed by atoms with Crippen molar-refractivity contribution in [1.29, 1.82) is 0 Å². The fraction of sp³-hybridized carbons (Fsp3) is 0.838. The molecule has 7 heteroatoms. The number of ether oxygens (including phenoxy) is 1. The summed E-state index contributed by atoms with van der Waals surface area (Å²) in [7, 11) is 1.68. The van der Waals surface area contributed by atoms with Gasteiger partial charge in [0.1, 0.15) is 0 Å². The van der Waals surface area contributed by atoms with E-state index in [-0.39, 0.29) is 47.4 Å². The Morgan fingerprint density at radius 2 is 1.68 bits per heavy atom. The Bertz CT molecular complexity index is 1190. The maximum atomic E-state index is 14.7. The molecule has 246 valence electrons. The number of aliphatic hydroxyl groups excluding tert-OH is 1. The van der Waals surface area contributed by atoms with E-state index in [4.69, 9.17) is 4.74 Å². The van der Waals surface area contributed by atoms with Crippen LogP contribution < -0.4 is 5.32 Å². The van der Waals surface area contributed by atoms with Crippen LogP contribution in [0.1, 0.15) is 111 Å². The number of hydrogen-bond acceptors (Lipinski definition) is 5. The summed E-state index contributed by atoms with van der Waals surface area (Å²) in [6, 6.07) is -0.129. The standard InChI is InChI=1S/C37H58N2O5/c1-25(2)38-32(42)39(20-9-21-44-5)24-36(43)17-14-30-34(36,4)16-13-29-33(3)15-12-27(40)22-35(33)18-19-37(29,30)28(23-35)31(41)26-10-7-6-8-11-26/h18-19,23,25-27,29-30,40,43H,6-17,20-22,24H2,1-5H3,(H,38,42). The Labute approximate surface area is 265 Å². The number of rotatable bonds is 9. The monoisotopic (exact) mass is 610 g/mol. The molecule has 4 saturated carbocycles. The van der Waals surface area contributed by atoms with Crippen molar-refractivity contribution < 1.29 is 24.5 Å². The largest absolute Gasteiger partial charge is 0.393 e. The molecule has 44 heavy (non-hydrogen) atoms. The SMILES string of the molecule is COCCCN(CC1(O)CCC2C34C=CC5(C=C3C(=O)C3CCCCC3)CC(O)CCC5(C)C4CCC21C)C(=O)NC(C)C. The van der Waals surface area contributed by atoms with E-state index in [0.717, 1.165) is 63.4 Å². The number of urea groups is 1. The minimum atomic E-state index is -1.05. The summed E-state index contributed by atoms with van der Waals surface area (Å²) in [4.78, 5) is 29.9. The zero-order chi connectivity index (χ0) is 31.5. The Hall–Kier alpha value is -1.70. The van der Waals surface area contributed by atoms with E-state index in [1.54, 1.807) is 7.11 Å². The lowest BCUT2D eigenvalue weighted by Gasteiger charge is -2.71. The minimum absolute atomic E-state index is 0.00596. The van der Waals surface area contributed by atoms with Gasteiger partial charge in [-0.2, -0.15) is 0 Å². The maximum absolute atomic E-state index is 14.7. The van der Waals surface area contributed by atoms with Crippen molar-refractivity contribution in [2.45, 2.75) is 129 Å². The molecule has 7 rings (SSSR count). The summed E-state index contributed by atoms with van der Waals surface area (Å²) in [5.74, 6) is 0.850. The van der Waals surface area contributed by atoms with Crippen LogP contribution in [0.25, 0.3) is 0 Å². The average Bonchev–Trinajstić information content (AvgIpc) is 3.26. The number of hydrogen-bond donors (Lipinski definition) is 3. The van der Waals surface area contributed by atoms with Gasteiger partial charge in [0.05, 0.1) is 18.2 Å². The summed E-state index contributed by atoms with van der Waals surface area (Å²) in [5, 5.41) is 26.8. The predicted octanol–water partition coefficient (Wildman–Crippen LogP) is 6.18. The van der Waals surface area contributed by atoms with Gasteiger partial charge < -0.3 is 25.2 Å². The Morgan fingerprint density at radius 3 is 2.39 bits per heavy atom. The number of carbonyl (C=O) groups excluding carboxylic acids is 2. The van der Waals surface area contributed by atoms with Crippen molar-refractivity contribution in [2.24, 2.45) is 39.4 Å². The third kappa shape index (κ3) is 4.68. The second-order valence-corrected chi connectivity index (χ2v) is 16.4. The molecule has 8 atom stereocenters. The van der Waals surface area contributed by atoms with Gasteiger partial charge in [0, 0.05) is 54.0 Å². The predicted molar refractivity (Wildman–Crippen MR) is 172 cm³/mol. The van der Waals surface area contributed by atoms with Gasteiger partial charge in [-0.15, -0.1) is 0 Å². The van der Waals surface area contributed by atoms with Gasteiger partial charge in [-0.1, -0.05) is 51.3 Å². The number of amides is 2. The van der Waals surface area contributed by atoms with Crippen molar-refractivity contribution in [3.05, 3.63) is 23.8 Å². The van der Waals surface area contributed by atoms with Gasteiger partial charge in [-0.25, -0.2) is 4.79 Å². The number of Topliss-reactive ketones (excluding diaryl/α,β-unsaturated/α-hetero) is 1. The van der Waals surface area contributed by atoms with Crippen LogP contribution in [0.5, 0.6) is 0 Å². The van der Waals surface area contributed by atoms with Crippen molar-refractivity contribution in [1.82, 2.24) is 10.2 Å². The zero-order valence-corrected chi connectivity index (χ0v) is 28.0. The van der Waals surface area contributed by atoms with E-state index < -0.39 is 16.4 Å². The van der Waals surface area contributed by atoms with E-state index in [9.17, 15) is 19.8 Å². The average molecular weight is 611 g/mol. The molecule has 7 nitrogen and oxygen atoms in total. The molecule has 2 amide bonds. The van der Waals surface area contributed by atoms with Crippen LogP contribution in [0.3, 0.4) is 0 Å². The number of methoxy groups -OCH3 is 1. The summed E-state index contributed by atoms with van der Waals surface area (Å²) >= 11 is 0. The fourth-order valence-corrected chi connectivity index (χ4v) is 11.5. The Morgan fingerprint density at radius 1 is 1.00 bits per heavy atom. The van der Waals surface area contributed by atoms with Gasteiger partial charge in [0.2, 0.25) is 0 Å².